The molecule has 0 spiro atoms. The molecule has 0 saturated carbocycles. The van der Waals surface area contributed by atoms with Crippen LogP contribution in [0.25, 0.3) is 0 Å². The molecule has 1 N–H and O–H groups in total. The quantitative estimate of drug-likeness (QED) is 0.799. The second-order valence-electron chi connectivity index (χ2n) is 5.35. The Morgan fingerprint density at radius 1 is 1.22 bits per heavy atom. The molecule has 0 aromatic heterocycles. The third kappa shape index (κ3) is 4.79. The van der Waals surface area contributed by atoms with Gasteiger partial charge < -0.3 is 10.0 Å². The molecule has 0 aliphatic heterocycles. The number of nitrogens with zero attached hydrogens (tertiary/aromatic N) is 1. The molecule has 1 aromatic carbocycles. The number of hydrogen-bond donors (Lipinski definition) is 1. The molecule has 0 bridgehead atoms. The second-order valence-corrected chi connectivity index (χ2v) is 5.35. The van der Waals surface area contributed by atoms with E-state index < -0.39 is 0 Å². The van der Waals surface area contributed by atoms with E-state index in [4.69, 9.17) is 0 Å². The largest absolute Gasteiger partial charge is 0.388 e. The number of aliphatic hydroxyl groups is 1. The monoisotopic (exact) mass is 249 g/mol. The molecule has 0 amide bonds. The summed E-state index contributed by atoms with van der Waals surface area (Å²) < 4.78 is 0. The van der Waals surface area contributed by atoms with E-state index in [1.807, 2.05) is 12.1 Å². The molecule has 1 rings (SSSR count). The van der Waals surface area contributed by atoms with E-state index in [1.54, 1.807) is 0 Å². The number of aryl methyl sites for hydroxylation is 1. The maximum absolute atomic E-state index is 10.2. The summed E-state index contributed by atoms with van der Waals surface area (Å²) in [5.41, 5.74) is 2.25. The van der Waals surface area contributed by atoms with Gasteiger partial charge in [0.1, 0.15) is 0 Å². The van der Waals surface area contributed by atoms with Gasteiger partial charge in [0.15, 0.2) is 0 Å². The summed E-state index contributed by atoms with van der Waals surface area (Å²) in [6.07, 6.45) is 1.63. The van der Waals surface area contributed by atoms with E-state index in [-0.39, 0.29) is 6.10 Å². The minimum absolute atomic E-state index is 0.344. The fourth-order valence-electron chi connectivity index (χ4n) is 2.25. The highest BCUT2D eigenvalue weighted by Gasteiger charge is 2.12. The molecule has 0 radical (unpaired) electrons. The normalized spacial score (nSPS) is 13.3. The molecule has 0 aliphatic carbocycles. The molecule has 2 nitrogen and oxygen atoms in total. The third-order valence-electron chi connectivity index (χ3n) is 3.36. The van der Waals surface area contributed by atoms with E-state index in [0.29, 0.717) is 6.04 Å². The first-order valence-electron chi connectivity index (χ1n) is 7.03. The molecule has 102 valence electrons. The predicted octanol–water partition coefficient (Wildman–Crippen LogP) is 3.54. The fourth-order valence-corrected chi connectivity index (χ4v) is 2.25. The van der Waals surface area contributed by atoms with Crippen LogP contribution in [0.3, 0.4) is 0 Å². The van der Waals surface area contributed by atoms with Crippen LogP contribution in [-0.2, 0) is 0 Å². The van der Waals surface area contributed by atoms with Crippen molar-refractivity contribution >= 4 is 0 Å². The summed E-state index contributed by atoms with van der Waals surface area (Å²) in [7, 11) is 0. The molecule has 2 heteroatoms. The fraction of sp³-hybridized carbons (Fsp3) is 0.625. The van der Waals surface area contributed by atoms with Gasteiger partial charge in [0.05, 0.1) is 6.10 Å². The minimum Gasteiger partial charge on any atom is -0.388 e. The minimum atomic E-state index is -0.344. The molecule has 1 unspecified atom stereocenters. The number of benzene rings is 1. The average Bonchev–Trinajstić information content (AvgIpc) is 2.33. The third-order valence-corrected chi connectivity index (χ3v) is 3.36. The average molecular weight is 249 g/mol. The van der Waals surface area contributed by atoms with Gasteiger partial charge in [-0.2, -0.15) is 0 Å². The Bertz CT molecular complexity index is 349. The standard InChI is InChI=1S/C16H27NO/c1-5-10-17(13(2)3)11-9-16(18)15-8-6-7-14(4)12-15/h6-8,12-13,16,18H,5,9-11H2,1-4H3. The van der Waals surface area contributed by atoms with E-state index in [9.17, 15) is 5.11 Å². The lowest BCUT2D eigenvalue weighted by atomic mass is 10.0. The Hall–Kier alpha value is -0.860. The summed E-state index contributed by atoms with van der Waals surface area (Å²) in [4.78, 5) is 2.43. The van der Waals surface area contributed by atoms with Crippen LogP contribution >= 0.6 is 0 Å². The Morgan fingerprint density at radius 3 is 2.50 bits per heavy atom. The Balaban J connectivity index is 2.51. The Morgan fingerprint density at radius 2 is 1.94 bits per heavy atom. The van der Waals surface area contributed by atoms with Gasteiger partial charge in [-0.1, -0.05) is 36.8 Å². The van der Waals surface area contributed by atoms with Crippen molar-refractivity contribution in [3.63, 3.8) is 0 Å². The lowest BCUT2D eigenvalue weighted by molar-refractivity contribution is 0.130. The van der Waals surface area contributed by atoms with Gasteiger partial charge >= 0.3 is 0 Å². The van der Waals surface area contributed by atoms with Gasteiger partial charge in [-0.25, -0.2) is 0 Å². The highest BCUT2D eigenvalue weighted by Crippen LogP contribution is 2.18. The van der Waals surface area contributed by atoms with Gasteiger partial charge in [0, 0.05) is 12.6 Å². The molecule has 1 atom stereocenters. The van der Waals surface area contributed by atoms with Crippen LogP contribution in [-0.4, -0.2) is 29.1 Å². The van der Waals surface area contributed by atoms with Crippen LogP contribution in [0.1, 0.15) is 50.8 Å². The van der Waals surface area contributed by atoms with Crippen molar-refractivity contribution in [2.45, 2.75) is 52.7 Å². The molecule has 0 saturated heterocycles. The van der Waals surface area contributed by atoms with E-state index >= 15 is 0 Å². The van der Waals surface area contributed by atoms with E-state index in [1.165, 1.54) is 12.0 Å². The molecular weight excluding hydrogens is 222 g/mol. The van der Waals surface area contributed by atoms with Crippen LogP contribution in [0.15, 0.2) is 24.3 Å². The molecule has 0 aliphatic rings. The van der Waals surface area contributed by atoms with Gasteiger partial charge in [-0.15, -0.1) is 0 Å². The van der Waals surface area contributed by atoms with E-state index in [2.05, 4.69) is 44.7 Å². The van der Waals surface area contributed by atoms with Crippen molar-refractivity contribution in [2.75, 3.05) is 13.1 Å². The van der Waals surface area contributed by atoms with Gasteiger partial charge in [-0.05, 0) is 45.7 Å². The molecule has 1 aromatic rings. The summed E-state index contributed by atoms with van der Waals surface area (Å²) in [5.74, 6) is 0. The van der Waals surface area contributed by atoms with E-state index in [0.717, 1.165) is 25.1 Å². The van der Waals surface area contributed by atoms with Crippen molar-refractivity contribution in [2.24, 2.45) is 0 Å². The lowest BCUT2D eigenvalue weighted by Crippen LogP contribution is -2.33. The Labute approximate surface area is 112 Å². The van der Waals surface area contributed by atoms with Crippen molar-refractivity contribution in [3.8, 4) is 0 Å². The van der Waals surface area contributed by atoms with Crippen LogP contribution in [0.2, 0.25) is 0 Å². The molecule has 0 heterocycles. The first-order valence-corrected chi connectivity index (χ1v) is 7.03. The molecule has 18 heavy (non-hydrogen) atoms. The smallest absolute Gasteiger partial charge is 0.0802 e. The van der Waals surface area contributed by atoms with Gasteiger partial charge in [0.2, 0.25) is 0 Å². The summed E-state index contributed by atoms with van der Waals surface area (Å²) in [5, 5.41) is 10.2. The van der Waals surface area contributed by atoms with Crippen molar-refractivity contribution in [1.29, 1.82) is 0 Å². The Kier molecular flexibility index (Phi) is 6.37. The molecule has 0 fully saturated rings. The van der Waals surface area contributed by atoms with Crippen LogP contribution in [0.4, 0.5) is 0 Å². The first kappa shape index (κ1) is 15.2. The SMILES string of the molecule is CCCN(CCC(O)c1cccc(C)c1)C(C)C. The van der Waals surface area contributed by atoms with Crippen molar-refractivity contribution in [3.05, 3.63) is 35.4 Å². The van der Waals surface area contributed by atoms with Crippen LogP contribution < -0.4 is 0 Å². The summed E-state index contributed by atoms with van der Waals surface area (Å²) in [6, 6.07) is 8.71. The zero-order valence-corrected chi connectivity index (χ0v) is 12.2. The lowest BCUT2D eigenvalue weighted by Gasteiger charge is -2.27. The van der Waals surface area contributed by atoms with Gasteiger partial charge in [0.25, 0.3) is 0 Å². The number of hydrogen-bond acceptors (Lipinski definition) is 2. The number of aliphatic hydroxyl groups excluding tert-OH is 1. The summed E-state index contributed by atoms with van der Waals surface area (Å²) in [6.45, 7) is 10.8. The van der Waals surface area contributed by atoms with Crippen molar-refractivity contribution < 1.29 is 5.11 Å². The van der Waals surface area contributed by atoms with Gasteiger partial charge in [-0.3, -0.25) is 0 Å². The van der Waals surface area contributed by atoms with Crippen LogP contribution in [0.5, 0.6) is 0 Å². The topological polar surface area (TPSA) is 23.5 Å². The zero-order chi connectivity index (χ0) is 13.5. The maximum atomic E-state index is 10.2. The van der Waals surface area contributed by atoms with Crippen LogP contribution in [0, 0.1) is 6.92 Å². The van der Waals surface area contributed by atoms with Crippen molar-refractivity contribution in [1.82, 2.24) is 4.90 Å². The highest BCUT2D eigenvalue weighted by atomic mass is 16.3. The zero-order valence-electron chi connectivity index (χ0n) is 12.2. The first-order chi connectivity index (χ1) is 8.54. The second kappa shape index (κ2) is 7.55. The number of rotatable bonds is 7. The summed E-state index contributed by atoms with van der Waals surface area (Å²) >= 11 is 0. The maximum Gasteiger partial charge on any atom is 0.0802 e. The predicted molar refractivity (Wildman–Crippen MR) is 77.8 cm³/mol. The molecular formula is C16H27NO. The highest BCUT2D eigenvalue weighted by molar-refractivity contribution is 5.23.